The molecule has 1 aliphatic rings. The molecule has 1 aromatic heterocycles. The number of primary amides is 1. The lowest BCUT2D eigenvalue weighted by Crippen LogP contribution is -2.28. The number of likely N-dealkylation sites (tertiary alicyclic amines) is 1. The molecular weight excluding hydrogens is 418 g/mol. The molecule has 1 fully saturated rings. The fraction of sp³-hybridized carbons (Fsp3) is 0.280. The third kappa shape index (κ3) is 4.64. The molecule has 2 amide bonds. The van der Waals surface area contributed by atoms with E-state index in [2.05, 4.69) is 4.98 Å². The lowest BCUT2D eigenvalue weighted by atomic mass is 9.95. The third-order valence-electron chi connectivity index (χ3n) is 5.84. The Morgan fingerprint density at radius 2 is 1.88 bits per heavy atom. The van der Waals surface area contributed by atoms with Crippen molar-refractivity contribution in [3.8, 4) is 16.9 Å². The van der Waals surface area contributed by atoms with Crippen LogP contribution in [0, 0.1) is 0 Å². The lowest BCUT2D eigenvalue weighted by Gasteiger charge is -2.20. The zero-order valence-corrected chi connectivity index (χ0v) is 19.0. The van der Waals surface area contributed by atoms with Gasteiger partial charge in [-0.3, -0.25) is 9.59 Å². The maximum absolute atomic E-state index is 13.1. The van der Waals surface area contributed by atoms with E-state index in [4.69, 9.17) is 15.5 Å². The molecule has 8 heteroatoms. The molecule has 0 unspecified atom stereocenters. The summed E-state index contributed by atoms with van der Waals surface area (Å²) >= 11 is 0. The van der Waals surface area contributed by atoms with Crippen molar-refractivity contribution in [3.05, 3.63) is 71.5 Å². The van der Waals surface area contributed by atoms with Crippen LogP contribution in [-0.4, -0.2) is 61.0 Å². The van der Waals surface area contributed by atoms with Crippen LogP contribution in [-0.2, 0) is 0 Å². The van der Waals surface area contributed by atoms with Gasteiger partial charge in [0.05, 0.1) is 12.8 Å². The average molecular weight is 446 g/mol. The topological polar surface area (TPSA) is 102 Å². The van der Waals surface area contributed by atoms with Crippen LogP contribution in [0.1, 0.15) is 38.7 Å². The van der Waals surface area contributed by atoms with Gasteiger partial charge in [0.25, 0.3) is 5.91 Å². The first-order valence-electron chi connectivity index (χ1n) is 10.7. The van der Waals surface area contributed by atoms with E-state index in [0.29, 0.717) is 35.9 Å². The van der Waals surface area contributed by atoms with E-state index >= 15 is 0 Å². The van der Waals surface area contributed by atoms with Crippen molar-refractivity contribution in [2.75, 3.05) is 39.2 Å². The first-order valence-corrected chi connectivity index (χ1v) is 10.7. The van der Waals surface area contributed by atoms with Gasteiger partial charge in [-0.05, 0) is 42.3 Å². The number of amides is 2. The molecule has 0 spiro atoms. The monoisotopic (exact) mass is 445 g/mol. The van der Waals surface area contributed by atoms with Crippen LogP contribution in [0.2, 0.25) is 0 Å². The minimum atomic E-state index is -0.486. The van der Waals surface area contributed by atoms with Crippen molar-refractivity contribution in [1.82, 2.24) is 14.9 Å². The summed E-state index contributed by atoms with van der Waals surface area (Å²) in [5.74, 6) is 0.765. The number of ether oxygens (including phenoxy) is 1. The molecule has 1 saturated heterocycles. The molecule has 33 heavy (non-hydrogen) atoms. The molecule has 2 heterocycles. The van der Waals surface area contributed by atoms with Gasteiger partial charge in [0.2, 0.25) is 11.9 Å². The van der Waals surface area contributed by atoms with Crippen molar-refractivity contribution in [3.63, 3.8) is 0 Å². The lowest BCUT2D eigenvalue weighted by molar-refractivity contribution is 0.0790. The van der Waals surface area contributed by atoms with Crippen LogP contribution in [0.4, 0.5) is 5.95 Å². The van der Waals surface area contributed by atoms with Crippen LogP contribution in [0.3, 0.4) is 0 Å². The van der Waals surface area contributed by atoms with Crippen LogP contribution in [0.5, 0.6) is 5.75 Å². The van der Waals surface area contributed by atoms with Gasteiger partial charge in [0.15, 0.2) is 0 Å². The number of carbonyl (C=O) groups is 2. The Bertz CT molecular complexity index is 1190. The van der Waals surface area contributed by atoms with E-state index in [1.807, 2.05) is 42.1 Å². The minimum absolute atomic E-state index is 0.0319. The molecule has 0 bridgehead atoms. The smallest absolute Gasteiger partial charge is 0.254 e. The number of benzene rings is 2. The van der Waals surface area contributed by atoms with Gasteiger partial charge < -0.3 is 20.3 Å². The van der Waals surface area contributed by atoms with Gasteiger partial charge in [0, 0.05) is 56.0 Å². The summed E-state index contributed by atoms with van der Waals surface area (Å²) in [5, 5.41) is 0. The second-order valence-electron chi connectivity index (χ2n) is 8.28. The number of nitrogens with zero attached hydrogens (tertiary/aromatic N) is 4. The molecule has 2 aromatic carbocycles. The van der Waals surface area contributed by atoms with Gasteiger partial charge in [0.1, 0.15) is 5.75 Å². The zero-order valence-electron chi connectivity index (χ0n) is 19.0. The molecule has 4 rings (SSSR count). The normalized spacial score (nSPS) is 15.4. The number of nitrogens with two attached hydrogens (primary N) is 1. The van der Waals surface area contributed by atoms with Crippen molar-refractivity contribution in [1.29, 1.82) is 0 Å². The number of hydrogen-bond acceptors (Lipinski definition) is 6. The fourth-order valence-corrected chi connectivity index (χ4v) is 4.08. The summed E-state index contributed by atoms with van der Waals surface area (Å²) < 4.78 is 5.26. The molecule has 170 valence electrons. The Kier molecular flexibility index (Phi) is 6.26. The van der Waals surface area contributed by atoms with E-state index in [-0.39, 0.29) is 11.8 Å². The summed E-state index contributed by atoms with van der Waals surface area (Å²) in [4.78, 5) is 37.8. The van der Waals surface area contributed by atoms with E-state index in [0.717, 1.165) is 23.2 Å². The van der Waals surface area contributed by atoms with E-state index < -0.39 is 5.91 Å². The number of rotatable bonds is 6. The van der Waals surface area contributed by atoms with Gasteiger partial charge >= 0.3 is 0 Å². The number of methoxy groups -OCH3 is 1. The van der Waals surface area contributed by atoms with Gasteiger partial charge in [-0.1, -0.05) is 18.2 Å². The molecule has 1 aliphatic heterocycles. The minimum Gasteiger partial charge on any atom is -0.497 e. The van der Waals surface area contributed by atoms with Crippen LogP contribution in [0.25, 0.3) is 11.1 Å². The Morgan fingerprint density at radius 1 is 1.12 bits per heavy atom. The Hall–Kier alpha value is -3.94. The second-order valence-corrected chi connectivity index (χ2v) is 8.28. The second kappa shape index (κ2) is 9.28. The van der Waals surface area contributed by atoms with Gasteiger partial charge in [-0.2, -0.15) is 0 Å². The number of anilines is 1. The van der Waals surface area contributed by atoms with Crippen molar-refractivity contribution < 1.29 is 14.3 Å². The SMILES string of the molecule is COc1cccc(C(=O)N2CC[C@@H](c3nc(N(C)C)ncc3-c3cccc(C(N)=O)c3)C2)c1. The van der Waals surface area contributed by atoms with Crippen LogP contribution >= 0.6 is 0 Å². The molecule has 0 saturated carbocycles. The summed E-state index contributed by atoms with van der Waals surface area (Å²) in [6.45, 7) is 1.17. The highest BCUT2D eigenvalue weighted by atomic mass is 16.5. The van der Waals surface area contributed by atoms with Gasteiger partial charge in [-0.25, -0.2) is 9.97 Å². The highest BCUT2D eigenvalue weighted by Gasteiger charge is 2.31. The van der Waals surface area contributed by atoms with E-state index in [1.54, 1.807) is 43.6 Å². The summed E-state index contributed by atoms with van der Waals surface area (Å²) in [6, 6.07) is 14.3. The maximum Gasteiger partial charge on any atom is 0.254 e. The standard InChI is InChI=1S/C25H27N5O3/c1-29(2)25-27-14-21(16-6-4-7-17(12-16)23(26)31)22(28-25)19-10-11-30(15-19)24(32)18-8-5-9-20(13-18)33-3/h4-9,12-14,19H,10-11,15H2,1-3H3,(H2,26,31)/t19-/m1/s1. The fourth-order valence-electron chi connectivity index (χ4n) is 4.08. The molecule has 8 nitrogen and oxygen atoms in total. The Labute approximate surface area is 193 Å². The van der Waals surface area contributed by atoms with E-state index in [9.17, 15) is 9.59 Å². The predicted molar refractivity (Wildman–Crippen MR) is 127 cm³/mol. The molecule has 0 radical (unpaired) electrons. The van der Waals surface area contributed by atoms with Gasteiger partial charge in [-0.15, -0.1) is 0 Å². The molecule has 2 N–H and O–H groups in total. The number of carbonyl (C=O) groups excluding carboxylic acids is 2. The average Bonchev–Trinajstić information content (AvgIpc) is 3.33. The van der Waals surface area contributed by atoms with Crippen LogP contribution in [0.15, 0.2) is 54.7 Å². The summed E-state index contributed by atoms with van der Waals surface area (Å²) in [6.07, 6.45) is 2.56. The predicted octanol–water partition coefficient (Wildman–Crippen LogP) is 2.95. The third-order valence-corrected chi connectivity index (χ3v) is 5.84. The number of hydrogen-bond donors (Lipinski definition) is 1. The van der Waals surface area contributed by atoms with E-state index in [1.165, 1.54) is 0 Å². The highest BCUT2D eigenvalue weighted by molar-refractivity contribution is 5.95. The molecule has 3 aromatic rings. The maximum atomic E-state index is 13.1. The highest BCUT2D eigenvalue weighted by Crippen LogP contribution is 2.35. The summed E-state index contributed by atoms with van der Waals surface area (Å²) in [7, 11) is 5.36. The molecule has 1 atom stereocenters. The number of aromatic nitrogens is 2. The first-order chi connectivity index (χ1) is 15.9. The molecule has 0 aliphatic carbocycles. The van der Waals surface area contributed by atoms with Crippen LogP contribution < -0.4 is 15.4 Å². The van der Waals surface area contributed by atoms with Crippen molar-refractivity contribution in [2.45, 2.75) is 12.3 Å². The first kappa shape index (κ1) is 22.3. The largest absolute Gasteiger partial charge is 0.497 e. The zero-order chi connectivity index (χ0) is 23.5. The molecular formula is C25H27N5O3. The van der Waals surface area contributed by atoms with Crippen molar-refractivity contribution in [2.24, 2.45) is 5.73 Å². The summed E-state index contributed by atoms with van der Waals surface area (Å²) in [5.41, 5.74) is 9.03. The quantitative estimate of drug-likeness (QED) is 0.626. The van der Waals surface area contributed by atoms with Crippen molar-refractivity contribution >= 4 is 17.8 Å². The Morgan fingerprint density at radius 3 is 2.61 bits per heavy atom. The Balaban J connectivity index is 1.66.